The molecule has 100 valence electrons. The molecule has 1 aromatic heterocycles. The molecule has 2 aromatic rings. The van der Waals surface area contributed by atoms with Crippen LogP contribution in [-0.4, -0.2) is 26.2 Å². The number of benzene rings is 1. The minimum atomic E-state index is 0.849. The van der Waals surface area contributed by atoms with Crippen molar-refractivity contribution in [3.8, 4) is 0 Å². The van der Waals surface area contributed by atoms with Gasteiger partial charge in [0.1, 0.15) is 12.2 Å². The van der Waals surface area contributed by atoms with E-state index in [0.29, 0.717) is 0 Å². The summed E-state index contributed by atoms with van der Waals surface area (Å²) in [4.78, 5) is 6.74. The summed E-state index contributed by atoms with van der Waals surface area (Å²) in [6.45, 7) is 5.77. The summed E-state index contributed by atoms with van der Waals surface area (Å²) in [6, 6.07) is 6.19. The first kappa shape index (κ1) is 12.2. The summed E-state index contributed by atoms with van der Waals surface area (Å²) < 4.78 is 1.95. The molecule has 1 aromatic carbocycles. The molecule has 0 spiro atoms. The predicted molar refractivity (Wildman–Crippen MR) is 74.4 cm³/mol. The Bertz CT molecular complexity index is 575. The van der Waals surface area contributed by atoms with E-state index in [-0.39, 0.29) is 0 Å². The molecule has 0 saturated carbocycles. The SMILES string of the molecule is CCn1ncnc1CN1CCc2c(N)cccc2C1. The molecular weight excluding hydrogens is 238 g/mol. The first-order chi connectivity index (χ1) is 9.28. The zero-order chi connectivity index (χ0) is 13.2. The lowest BCUT2D eigenvalue weighted by atomic mass is 9.98. The molecule has 0 fully saturated rings. The van der Waals surface area contributed by atoms with Crippen molar-refractivity contribution in [1.82, 2.24) is 19.7 Å². The second-order valence-corrected chi connectivity index (χ2v) is 4.94. The van der Waals surface area contributed by atoms with Crippen LogP contribution in [-0.2, 0) is 26.1 Å². The van der Waals surface area contributed by atoms with Crippen molar-refractivity contribution < 1.29 is 0 Å². The van der Waals surface area contributed by atoms with Gasteiger partial charge in [-0.25, -0.2) is 9.67 Å². The van der Waals surface area contributed by atoms with Gasteiger partial charge in [0.05, 0.1) is 6.54 Å². The van der Waals surface area contributed by atoms with Crippen LogP contribution in [0.4, 0.5) is 5.69 Å². The van der Waals surface area contributed by atoms with Crippen LogP contribution in [0.3, 0.4) is 0 Å². The molecule has 1 aliphatic rings. The number of anilines is 1. The van der Waals surface area contributed by atoms with E-state index in [4.69, 9.17) is 5.73 Å². The van der Waals surface area contributed by atoms with E-state index >= 15 is 0 Å². The summed E-state index contributed by atoms with van der Waals surface area (Å²) in [5.74, 6) is 1.04. The molecule has 2 N–H and O–H groups in total. The second-order valence-electron chi connectivity index (χ2n) is 4.94. The molecular formula is C14H19N5. The Hall–Kier alpha value is -1.88. The van der Waals surface area contributed by atoms with Crippen molar-refractivity contribution in [2.24, 2.45) is 0 Å². The van der Waals surface area contributed by atoms with Gasteiger partial charge in [0.15, 0.2) is 0 Å². The highest BCUT2D eigenvalue weighted by molar-refractivity contribution is 5.51. The van der Waals surface area contributed by atoms with Crippen LogP contribution in [0, 0.1) is 0 Å². The molecule has 2 heterocycles. The van der Waals surface area contributed by atoms with E-state index in [0.717, 1.165) is 44.1 Å². The monoisotopic (exact) mass is 257 g/mol. The van der Waals surface area contributed by atoms with Crippen molar-refractivity contribution in [2.45, 2.75) is 33.0 Å². The fraction of sp³-hybridized carbons (Fsp3) is 0.429. The maximum Gasteiger partial charge on any atom is 0.141 e. The minimum absolute atomic E-state index is 0.849. The van der Waals surface area contributed by atoms with Crippen molar-refractivity contribution >= 4 is 5.69 Å². The molecule has 0 amide bonds. The highest BCUT2D eigenvalue weighted by Gasteiger charge is 2.19. The number of aryl methyl sites for hydroxylation is 1. The van der Waals surface area contributed by atoms with Crippen LogP contribution in [0.5, 0.6) is 0 Å². The third kappa shape index (κ3) is 2.33. The topological polar surface area (TPSA) is 60.0 Å². The Morgan fingerprint density at radius 2 is 2.26 bits per heavy atom. The van der Waals surface area contributed by atoms with Gasteiger partial charge in [0, 0.05) is 25.3 Å². The van der Waals surface area contributed by atoms with Gasteiger partial charge < -0.3 is 5.73 Å². The van der Waals surface area contributed by atoms with Crippen LogP contribution < -0.4 is 5.73 Å². The maximum absolute atomic E-state index is 6.02. The van der Waals surface area contributed by atoms with Crippen LogP contribution >= 0.6 is 0 Å². The molecule has 0 bridgehead atoms. The summed E-state index contributed by atoms with van der Waals surface area (Å²) in [6.07, 6.45) is 2.65. The summed E-state index contributed by atoms with van der Waals surface area (Å²) >= 11 is 0. The van der Waals surface area contributed by atoms with Crippen LogP contribution in [0.25, 0.3) is 0 Å². The van der Waals surface area contributed by atoms with Gasteiger partial charge in [-0.2, -0.15) is 5.10 Å². The lowest BCUT2D eigenvalue weighted by molar-refractivity contribution is 0.235. The fourth-order valence-corrected chi connectivity index (χ4v) is 2.71. The van der Waals surface area contributed by atoms with Crippen LogP contribution in [0.1, 0.15) is 23.9 Å². The number of nitrogens with zero attached hydrogens (tertiary/aromatic N) is 4. The van der Waals surface area contributed by atoms with Crippen molar-refractivity contribution in [1.29, 1.82) is 0 Å². The molecule has 0 unspecified atom stereocenters. The van der Waals surface area contributed by atoms with E-state index in [9.17, 15) is 0 Å². The molecule has 0 saturated heterocycles. The van der Waals surface area contributed by atoms with Crippen LogP contribution in [0.15, 0.2) is 24.5 Å². The quantitative estimate of drug-likeness (QED) is 0.845. The van der Waals surface area contributed by atoms with Crippen molar-refractivity contribution in [3.63, 3.8) is 0 Å². The Labute approximate surface area is 113 Å². The van der Waals surface area contributed by atoms with E-state index in [2.05, 4.69) is 28.0 Å². The Kier molecular flexibility index (Phi) is 3.21. The number of rotatable bonds is 3. The first-order valence-electron chi connectivity index (χ1n) is 6.73. The number of hydrogen-bond acceptors (Lipinski definition) is 4. The maximum atomic E-state index is 6.02. The third-order valence-electron chi connectivity index (χ3n) is 3.74. The molecule has 0 radical (unpaired) electrons. The normalized spacial score (nSPS) is 15.4. The van der Waals surface area contributed by atoms with Gasteiger partial charge in [-0.15, -0.1) is 0 Å². The van der Waals surface area contributed by atoms with Gasteiger partial charge in [0.25, 0.3) is 0 Å². The Morgan fingerprint density at radius 1 is 1.37 bits per heavy atom. The molecule has 0 aliphatic carbocycles. The van der Waals surface area contributed by atoms with Crippen LogP contribution in [0.2, 0.25) is 0 Å². The molecule has 5 heteroatoms. The Morgan fingerprint density at radius 3 is 3.11 bits per heavy atom. The number of hydrogen-bond donors (Lipinski definition) is 1. The van der Waals surface area contributed by atoms with Gasteiger partial charge in [0.2, 0.25) is 0 Å². The predicted octanol–water partition coefficient (Wildman–Crippen LogP) is 1.44. The van der Waals surface area contributed by atoms with E-state index in [1.807, 2.05) is 16.8 Å². The van der Waals surface area contributed by atoms with Crippen molar-refractivity contribution in [3.05, 3.63) is 41.5 Å². The van der Waals surface area contributed by atoms with E-state index < -0.39 is 0 Å². The Balaban J connectivity index is 1.76. The van der Waals surface area contributed by atoms with Crippen molar-refractivity contribution in [2.75, 3.05) is 12.3 Å². The smallest absolute Gasteiger partial charge is 0.141 e. The number of fused-ring (bicyclic) bond motifs is 1. The highest BCUT2D eigenvalue weighted by Crippen LogP contribution is 2.24. The largest absolute Gasteiger partial charge is 0.398 e. The molecule has 19 heavy (non-hydrogen) atoms. The van der Waals surface area contributed by atoms with E-state index in [1.165, 1.54) is 11.1 Å². The van der Waals surface area contributed by atoms with Gasteiger partial charge in [-0.3, -0.25) is 4.90 Å². The second kappa shape index (κ2) is 5.01. The molecule has 3 rings (SSSR count). The zero-order valence-corrected chi connectivity index (χ0v) is 11.2. The first-order valence-corrected chi connectivity index (χ1v) is 6.73. The highest BCUT2D eigenvalue weighted by atomic mass is 15.3. The molecule has 0 atom stereocenters. The molecule has 5 nitrogen and oxygen atoms in total. The lowest BCUT2D eigenvalue weighted by Crippen LogP contribution is -2.31. The summed E-state index contributed by atoms with van der Waals surface area (Å²) in [5.41, 5.74) is 9.61. The average molecular weight is 257 g/mol. The summed E-state index contributed by atoms with van der Waals surface area (Å²) in [5, 5.41) is 4.22. The molecule has 1 aliphatic heterocycles. The minimum Gasteiger partial charge on any atom is -0.398 e. The standard InChI is InChI=1S/C14H19N5/c1-2-19-14(16-10-17-19)9-18-7-6-12-11(8-18)4-3-5-13(12)15/h3-5,10H,2,6-9,15H2,1H3. The van der Waals surface area contributed by atoms with Gasteiger partial charge >= 0.3 is 0 Å². The fourth-order valence-electron chi connectivity index (χ4n) is 2.71. The van der Waals surface area contributed by atoms with Gasteiger partial charge in [-0.05, 0) is 30.5 Å². The zero-order valence-electron chi connectivity index (χ0n) is 11.2. The summed E-state index contributed by atoms with van der Waals surface area (Å²) in [7, 11) is 0. The lowest BCUT2D eigenvalue weighted by Gasteiger charge is -2.29. The third-order valence-corrected chi connectivity index (χ3v) is 3.74. The number of nitrogens with two attached hydrogens (primary N) is 1. The average Bonchev–Trinajstić information content (AvgIpc) is 2.86. The number of nitrogen functional groups attached to an aromatic ring is 1. The number of aromatic nitrogens is 3. The van der Waals surface area contributed by atoms with Gasteiger partial charge in [-0.1, -0.05) is 12.1 Å². The van der Waals surface area contributed by atoms with E-state index in [1.54, 1.807) is 6.33 Å².